The number of amides is 1. The van der Waals surface area contributed by atoms with Gasteiger partial charge >= 0.3 is 0 Å². The molecule has 0 spiro atoms. The Kier molecular flexibility index (Phi) is 3.81. The fourth-order valence-corrected chi connectivity index (χ4v) is 2.86. The summed E-state index contributed by atoms with van der Waals surface area (Å²) < 4.78 is 1.03. The number of carbonyl (C=O) groups excluding carboxylic acids is 1. The van der Waals surface area contributed by atoms with E-state index >= 15 is 0 Å². The molecule has 1 aliphatic carbocycles. The van der Waals surface area contributed by atoms with Gasteiger partial charge in [0, 0.05) is 16.9 Å². The van der Waals surface area contributed by atoms with Gasteiger partial charge in [0.05, 0.1) is 11.5 Å². The van der Waals surface area contributed by atoms with E-state index in [1.165, 1.54) is 0 Å². The highest BCUT2D eigenvalue weighted by Gasteiger charge is 2.51. The summed E-state index contributed by atoms with van der Waals surface area (Å²) in [6.07, 6.45) is 5.37. The summed E-state index contributed by atoms with van der Waals surface area (Å²) in [6.45, 7) is 1.99. The minimum Gasteiger partial charge on any atom is -0.349 e. The molecule has 4 heteroatoms. The van der Waals surface area contributed by atoms with Gasteiger partial charge in [-0.2, -0.15) is 0 Å². The third-order valence-electron chi connectivity index (χ3n) is 4.11. The molecule has 0 radical (unpaired) electrons. The number of hydrogen-bond donors (Lipinski definition) is 1. The Morgan fingerprint density at radius 2 is 2.00 bits per heavy atom. The van der Waals surface area contributed by atoms with E-state index in [2.05, 4.69) is 26.2 Å². The van der Waals surface area contributed by atoms with Crippen LogP contribution < -0.4 is 5.32 Å². The molecule has 0 unspecified atom stereocenters. The Balaban J connectivity index is 1.75. The zero-order valence-electron chi connectivity index (χ0n) is 11.8. The van der Waals surface area contributed by atoms with Crippen LogP contribution >= 0.6 is 15.9 Å². The first-order valence-electron chi connectivity index (χ1n) is 7.09. The largest absolute Gasteiger partial charge is 0.349 e. The number of pyridine rings is 1. The fraction of sp³-hybridized carbons (Fsp3) is 0.294. The van der Waals surface area contributed by atoms with Crippen LogP contribution in [0.25, 0.3) is 0 Å². The second-order valence-corrected chi connectivity index (χ2v) is 6.49. The van der Waals surface area contributed by atoms with Crippen molar-refractivity contribution in [2.24, 2.45) is 0 Å². The monoisotopic (exact) mass is 344 g/mol. The van der Waals surface area contributed by atoms with E-state index in [0.717, 1.165) is 28.4 Å². The van der Waals surface area contributed by atoms with E-state index in [1.54, 1.807) is 12.4 Å². The number of nitrogens with one attached hydrogen (secondary N) is 1. The zero-order chi connectivity index (χ0) is 14.9. The first kappa shape index (κ1) is 14.3. The van der Waals surface area contributed by atoms with Gasteiger partial charge in [-0.1, -0.05) is 34.1 Å². The van der Waals surface area contributed by atoms with Crippen LogP contribution in [0.1, 0.15) is 36.9 Å². The summed E-state index contributed by atoms with van der Waals surface area (Å²) in [5, 5.41) is 3.12. The number of nitrogens with zero attached hydrogens (tertiary/aromatic N) is 1. The molecule has 3 nitrogen and oxygen atoms in total. The molecule has 1 aromatic carbocycles. The highest BCUT2D eigenvalue weighted by Crippen LogP contribution is 2.48. The number of rotatable bonds is 4. The Morgan fingerprint density at radius 1 is 1.29 bits per heavy atom. The van der Waals surface area contributed by atoms with Crippen molar-refractivity contribution >= 4 is 21.8 Å². The van der Waals surface area contributed by atoms with Crippen LogP contribution in [0.5, 0.6) is 0 Å². The standard InChI is InChI=1S/C17H17BrN2O/c1-12(13-3-2-10-19-11-13)20-16(21)17(8-9-17)14-4-6-15(18)7-5-14/h2-7,10-12H,8-9H2,1H3,(H,20,21)/t12-/m1/s1. The molecule has 1 aromatic heterocycles. The van der Waals surface area contributed by atoms with Gasteiger partial charge in [0.25, 0.3) is 0 Å². The third kappa shape index (κ3) is 2.86. The fourth-order valence-electron chi connectivity index (χ4n) is 2.59. The second kappa shape index (κ2) is 5.60. The van der Waals surface area contributed by atoms with Crippen LogP contribution in [0.2, 0.25) is 0 Å². The normalized spacial score (nSPS) is 17.0. The molecule has 0 bridgehead atoms. The molecule has 1 amide bonds. The van der Waals surface area contributed by atoms with Crippen molar-refractivity contribution in [3.05, 3.63) is 64.4 Å². The Hall–Kier alpha value is -1.68. The van der Waals surface area contributed by atoms with Crippen LogP contribution in [-0.2, 0) is 10.2 Å². The second-order valence-electron chi connectivity index (χ2n) is 5.57. The average molecular weight is 345 g/mol. The van der Waals surface area contributed by atoms with Gasteiger partial charge in [-0.25, -0.2) is 0 Å². The number of carbonyl (C=O) groups is 1. The SMILES string of the molecule is C[C@@H](NC(=O)C1(c2ccc(Br)cc2)CC1)c1cccnc1. The first-order valence-corrected chi connectivity index (χ1v) is 7.88. The molecule has 1 heterocycles. The summed E-state index contributed by atoms with van der Waals surface area (Å²) in [6, 6.07) is 11.9. The predicted molar refractivity (Wildman–Crippen MR) is 85.8 cm³/mol. The van der Waals surface area contributed by atoms with Gasteiger partial charge in [0.1, 0.15) is 0 Å². The molecule has 1 N–H and O–H groups in total. The van der Waals surface area contributed by atoms with Crippen LogP contribution in [-0.4, -0.2) is 10.9 Å². The summed E-state index contributed by atoms with van der Waals surface area (Å²) in [5.74, 6) is 0.112. The maximum Gasteiger partial charge on any atom is 0.231 e. The van der Waals surface area contributed by atoms with Gasteiger partial charge in [-0.05, 0) is 49.1 Å². The van der Waals surface area contributed by atoms with Gasteiger partial charge in [-0.15, -0.1) is 0 Å². The molecule has 1 aliphatic rings. The maximum atomic E-state index is 12.7. The Morgan fingerprint density at radius 3 is 2.57 bits per heavy atom. The molecule has 21 heavy (non-hydrogen) atoms. The van der Waals surface area contributed by atoms with Crippen LogP contribution in [0.3, 0.4) is 0 Å². The number of halogens is 1. The molecular weight excluding hydrogens is 328 g/mol. The molecule has 0 saturated heterocycles. The van der Waals surface area contributed by atoms with Crippen molar-refractivity contribution in [2.75, 3.05) is 0 Å². The number of aromatic nitrogens is 1. The average Bonchev–Trinajstić information content (AvgIpc) is 3.30. The lowest BCUT2D eigenvalue weighted by Gasteiger charge is -2.20. The summed E-state index contributed by atoms with van der Waals surface area (Å²) in [7, 11) is 0. The van der Waals surface area contributed by atoms with Crippen LogP contribution in [0, 0.1) is 0 Å². The minimum atomic E-state index is -0.336. The van der Waals surface area contributed by atoms with E-state index in [1.807, 2.05) is 43.3 Å². The molecule has 1 atom stereocenters. The van der Waals surface area contributed by atoms with E-state index in [-0.39, 0.29) is 17.4 Å². The van der Waals surface area contributed by atoms with E-state index < -0.39 is 0 Å². The number of benzene rings is 1. The lowest BCUT2D eigenvalue weighted by Crippen LogP contribution is -2.36. The van der Waals surface area contributed by atoms with Crippen molar-refractivity contribution in [1.82, 2.24) is 10.3 Å². The van der Waals surface area contributed by atoms with Crippen LogP contribution in [0.15, 0.2) is 53.3 Å². The predicted octanol–water partition coefficient (Wildman–Crippen LogP) is 3.75. The zero-order valence-corrected chi connectivity index (χ0v) is 13.4. The lowest BCUT2D eigenvalue weighted by molar-refractivity contribution is -0.124. The molecule has 2 aromatic rings. The van der Waals surface area contributed by atoms with Crippen molar-refractivity contribution in [3.8, 4) is 0 Å². The lowest BCUT2D eigenvalue weighted by atomic mass is 9.94. The van der Waals surface area contributed by atoms with Gasteiger partial charge in [0.2, 0.25) is 5.91 Å². The molecule has 3 rings (SSSR count). The quantitative estimate of drug-likeness (QED) is 0.917. The molecule has 1 fully saturated rings. The van der Waals surface area contributed by atoms with Crippen molar-refractivity contribution in [3.63, 3.8) is 0 Å². The smallest absolute Gasteiger partial charge is 0.231 e. The molecule has 0 aliphatic heterocycles. The van der Waals surface area contributed by atoms with E-state index in [0.29, 0.717) is 0 Å². The first-order chi connectivity index (χ1) is 10.1. The Labute approximate surface area is 132 Å². The topological polar surface area (TPSA) is 42.0 Å². The van der Waals surface area contributed by atoms with Crippen molar-refractivity contribution < 1.29 is 4.79 Å². The highest BCUT2D eigenvalue weighted by atomic mass is 79.9. The molecule has 1 saturated carbocycles. The third-order valence-corrected chi connectivity index (χ3v) is 4.64. The van der Waals surface area contributed by atoms with Gasteiger partial charge in [-0.3, -0.25) is 9.78 Å². The minimum absolute atomic E-state index is 0.0286. The van der Waals surface area contributed by atoms with E-state index in [9.17, 15) is 4.79 Å². The highest BCUT2D eigenvalue weighted by molar-refractivity contribution is 9.10. The van der Waals surface area contributed by atoms with E-state index in [4.69, 9.17) is 0 Å². The maximum absolute atomic E-state index is 12.7. The molecular formula is C17H17BrN2O. The van der Waals surface area contributed by atoms with Gasteiger partial charge in [0.15, 0.2) is 0 Å². The Bertz CT molecular complexity index is 636. The van der Waals surface area contributed by atoms with Crippen molar-refractivity contribution in [1.29, 1.82) is 0 Å². The number of hydrogen-bond acceptors (Lipinski definition) is 2. The summed E-state index contributed by atoms with van der Waals surface area (Å²) >= 11 is 3.43. The summed E-state index contributed by atoms with van der Waals surface area (Å²) in [5.41, 5.74) is 1.79. The van der Waals surface area contributed by atoms with Crippen LogP contribution in [0.4, 0.5) is 0 Å². The summed E-state index contributed by atoms with van der Waals surface area (Å²) in [4.78, 5) is 16.8. The van der Waals surface area contributed by atoms with Gasteiger partial charge < -0.3 is 5.32 Å². The van der Waals surface area contributed by atoms with Crippen molar-refractivity contribution in [2.45, 2.75) is 31.2 Å². The molecule has 108 valence electrons.